The lowest BCUT2D eigenvalue weighted by Crippen LogP contribution is -2.23. The van der Waals surface area contributed by atoms with Crippen molar-refractivity contribution in [2.24, 2.45) is 0 Å². The molecule has 3 aromatic rings. The number of aliphatic hydroxyl groups is 1. The van der Waals surface area contributed by atoms with Gasteiger partial charge in [0.2, 0.25) is 5.65 Å². The maximum absolute atomic E-state index is 9.46. The molecule has 3 N–H and O–H groups in total. The Bertz CT molecular complexity index is 857. The third kappa shape index (κ3) is 3.22. The van der Waals surface area contributed by atoms with Crippen molar-refractivity contribution in [2.75, 3.05) is 17.2 Å². The summed E-state index contributed by atoms with van der Waals surface area (Å²) in [6.07, 6.45) is 4.64. The Morgan fingerprint density at radius 3 is 2.84 bits per heavy atom. The summed E-state index contributed by atoms with van der Waals surface area (Å²) in [5.74, 6) is 2.56. The van der Waals surface area contributed by atoms with E-state index in [9.17, 15) is 5.11 Å². The number of rotatable bonds is 7. The fourth-order valence-electron chi connectivity index (χ4n) is 2.65. The number of nitrogens with zero attached hydrogens (tertiary/aromatic N) is 6. The summed E-state index contributed by atoms with van der Waals surface area (Å²) < 4.78 is 1.78. The van der Waals surface area contributed by atoms with Gasteiger partial charge >= 0.3 is 0 Å². The summed E-state index contributed by atoms with van der Waals surface area (Å²) in [7, 11) is 0. The van der Waals surface area contributed by atoms with E-state index in [-0.39, 0.29) is 12.6 Å². The van der Waals surface area contributed by atoms with E-state index in [4.69, 9.17) is 0 Å². The van der Waals surface area contributed by atoms with Gasteiger partial charge in [0, 0.05) is 18.2 Å². The Balaban J connectivity index is 1.76. The highest BCUT2D eigenvalue weighted by atomic mass is 16.3. The minimum atomic E-state index is -0.0600. The van der Waals surface area contributed by atoms with E-state index >= 15 is 0 Å². The topological polar surface area (TPSA) is 113 Å². The molecule has 0 unspecified atom stereocenters. The monoisotopic (exact) mass is 340 g/mol. The number of nitrogens with one attached hydrogen (secondary N) is 2. The van der Waals surface area contributed by atoms with Gasteiger partial charge in [0.15, 0.2) is 11.6 Å². The van der Waals surface area contributed by atoms with Gasteiger partial charge in [-0.1, -0.05) is 6.92 Å². The Hall–Kier alpha value is -2.81. The fraction of sp³-hybridized carbons (Fsp3) is 0.438. The van der Waals surface area contributed by atoms with E-state index in [2.05, 4.69) is 36.1 Å². The van der Waals surface area contributed by atoms with E-state index in [0.717, 1.165) is 30.8 Å². The molecule has 3 aromatic heterocycles. The van der Waals surface area contributed by atoms with Crippen molar-refractivity contribution in [3.63, 3.8) is 0 Å². The SMILES string of the molecule is CC[C@H](CO)Nc1cc(Nc2cccnn2)c2nnc(C3CC3)n2n1. The summed E-state index contributed by atoms with van der Waals surface area (Å²) in [4.78, 5) is 0. The lowest BCUT2D eigenvalue weighted by atomic mass is 10.2. The number of anilines is 3. The minimum Gasteiger partial charge on any atom is -0.394 e. The highest BCUT2D eigenvalue weighted by Gasteiger charge is 2.30. The molecule has 9 heteroatoms. The van der Waals surface area contributed by atoms with Gasteiger partial charge in [0.1, 0.15) is 5.82 Å². The van der Waals surface area contributed by atoms with Crippen LogP contribution in [0.4, 0.5) is 17.3 Å². The molecule has 1 atom stereocenters. The smallest absolute Gasteiger partial charge is 0.201 e. The average molecular weight is 340 g/mol. The van der Waals surface area contributed by atoms with Crippen molar-refractivity contribution in [3.8, 4) is 0 Å². The van der Waals surface area contributed by atoms with Crippen molar-refractivity contribution < 1.29 is 5.11 Å². The zero-order valence-corrected chi connectivity index (χ0v) is 13.9. The lowest BCUT2D eigenvalue weighted by Gasteiger charge is -2.16. The van der Waals surface area contributed by atoms with Crippen molar-refractivity contribution in [3.05, 3.63) is 30.2 Å². The first-order chi connectivity index (χ1) is 12.3. The van der Waals surface area contributed by atoms with Crippen molar-refractivity contribution in [2.45, 2.75) is 38.1 Å². The van der Waals surface area contributed by atoms with Crippen LogP contribution < -0.4 is 10.6 Å². The first-order valence-electron chi connectivity index (χ1n) is 8.47. The predicted octanol–water partition coefficient (Wildman–Crippen LogP) is 1.72. The molecular formula is C16H20N8O. The first kappa shape index (κ1) is 15.7. The highest BCUT2D eigenvalue weighted by molar-refractivity contribution is 5.74. The van der Waals surface area contributed by atoms with E-state index in [1.165, 1.54) is 0 Å². The van der Waals surface area contributed by atoms with Gasteiger partial charge in [-0.25, -0.2) is 0 Å². The standard InChI is InChI=1S/C16H20N8O/c1-2-11(9-25)18-14-8-12(19-13-4-3-7-17-20-13)16-22-21-15(10-5-6-10)24(16)23-14/h3-4,7-8,10-11,25H,2,5-6,9H2,1H3,(H,18,23)(H,19,20)/t11-/m1/s1. The largest absolute Gasteiger partial charge is 0.394 e. The van der Waals surface area contributed by atoms with Crippen LogP contribution >= 0.6 is 0 Å². The van der Waals surface area contributed by atoms with Crippen LogP contribution in [0, 0.1) is 0 Å². The van der Waals surface area contributed by atoms with Gasteiger partial charge in [-0.2, -0.15) is 9.61 Å². The molecule has 0 aliphatic heterocycles. The van der Waals surface area contributed by atoms with E-state index in [1.54, 1.807) is 10.7 Å². The molecule has 0 bridgehead atoms. The van der Waals surface area contributed by atoms with Crippen LogP contribution in [-0.4, -0.2) is 47.8 Å². The zero-order valence-electron chi connectivity index (χ0n) is 13.9. The first-order valence-corrected chi connectivity index (χ1v) is 8.47. The van der Waals surface area contributed by atoms with E-state index in [1.807, 2.05) is 25.1 Å². The van der Waals surface area contributed by atoms with Crippen LogP contribution in [0.1, 0.15) is 37.9 Å². The molecule has 1 aliphatic rings. The highest BCUT2D eigenvalue weighted by Crippen LogP contribution is 2.39. The summed E-state index contributed by atoms with van der Waals surface area (Å²) in [5, 5.41) is 37.1. The summed E-state index contributed by atoms with van der Waals surface area (Å²) >= 11 is 0. The Kier molecular flexibility index (Phi) is 4.14. The van der Waals surface area contributed by atoms with Crippen molar-refractivity contribution in [1.29, 1.82) is 0 Å². The number of hydrogen-bond donors (Lipinski definition) is 3. The van der Waals surface area contributed by atoms with Crippen LogP contribution in [-0.2, 0) is 0 Å². The Morgan fingerprint density at radius 2 is 2.16 bits per heavy atom. The van der Waals surface area contributed by atoms with Gasteiger partial charge in [-0.3, -0.25) is 0 Å². The third-order valence-electron chi connectivity index (χ3n) is 4.24. The molecule has 25 heavy (non-hydrogen) atoms. The molecule has 0 saturated heterocycles. The molecule has 9 nitrogen and oxygen atoms in total. The molecule has 1 saturated carbocycles. The molecule has 0 spiro atoms. The molecule has 4 rings (SSSR count). The number of fused-ring (bicyclic) bond motifs is 1. The molecule has 3 heterocycles. The molecule has 1 aliphatic carbocycles. The second-order valence-corrected chi connectivity index (χ2v) is 6.18. The predicted molar refractivity (Wildman–Crippen MR) is 92.9 cm³/mol. The molecule has 1 fully saturated rings. The lowest BCUT2D eigenvalue weighted by molar-refractivity contribution is 0.271. The number of aromatic nitrogens is 6. The van der Waals surface area contributed by atoms with Crippen LogP contribution in [0.15, 0.2) is 24.4 Å². The third-order valence-corrected chi connectivity index (χ3v) is 4.24. The molecule has 0 aromatic carbocycles. The van der Waals surface area contributed by atoms with E-state index in [0.29, 0.717) is 23.2 Å². The quantitative estimate of drug-likeness (QED) is 0.596. The molecule has 0 amide bonds. The second kappa shape index (κ2) is 6.60. The van der Waals surface area contributed by atoms with Gasteiger partial charge in [-0.15, -0.1) is 20.4 Å². The normalized spacial score (nSPS) is 15.3. The van der Waals surface area contributed by atoms with Gasteiger partial charge < -0.3 is 15.7 Å². The summed E-state index contributed by atoms with van der Waals surface area (Å²) in [5.41, 5.74) is 1.39. The number of hydrogen-bond acceptors (Lipinski definition) is 8. The molecule has 0 radical (unpaired) electrons. The Morgan fingerprint density at radius 1 is 1.28 bits per heavy atom. The van der Waals surface area contributed by atoms with Crippen LogP contribution in [0.2, 0.25) is 0 Å². The average Bonchev–Trinajstić information content (AvgIpc) is 3.40. The van der Waals surface area contributed by atoms with Gasteiger partial charge in [-0.05, 0) is 31.4 Å². The summed E-state index contributed by atoms with van der Waals surface area (Å²) in [6, 6.07) is 5.44. The van der Waals surface area contributed by atoms with Crippen molar-refractivity contribution >= 4 is 23.0 Å². The van der Waals surface area contributed by atoms with Crippen LogP contribution in [0.25, 0.3) is 5.65 Å². The summed E-state index contributed by atoms with van der Waals surface area (Å²) in [6.45, 7) is 2.06. The van der Waals surface area contributed by atoms with E-state index < -0.39 is 0 Å². The maximum atomic E-state index is 9.46. The van der Waals surface area contributed by atoms with Gasteiger partial charge in [0.05, 0.1) is 18.3 Å². The molecular weight excluding hydrogens is 320 g/mol. The van der Waals surface area contributed by atoms with Gasteiger partial charge in [0.25, 0.3) is 0 Å². The Labute approximate surface area is 144 Å². The zero-order chi connectivity index (χ0) is 17.2. The maximum Gasteiger partial charge on any atom is 0.201 e. The van der Waals surface area contributed by atoms with Crippen LogP contribution in [0.5, 0.6) is 0 Å². The molecule has 130 valence electrons. The fourth-order valence-corrected chi connectivity index (χ4v) is 2.65. The minimum absolute atomic E-state index is 0.0425. The van der Waals surface area contributed by atoms with Crippen LogP contribution in [0.3, 0.4) is 0 Å². The second-order valence-electron chi connectivity index (χ2n) is 6.18. The van der Waals surface area contributed by atoms with Crippen molar-refractivity contribution in [1.82, 2.24) is 30.0 Å². The number of aliphatic hydroxyl groups excluding tert-OH is 1.